The van der Waals surface area contributed by atoms with Crippen LogP contribution in [0, 0.1) is 0 Å². The maximum Gasteiger partial charge on any atom is 0.255 e. The highest BCUT2D eigenvalue weighted by molar-refractivity contribution is 5.99. The summed E-state index contributed by atoms with van der Waals surface area (Å²) in [6.07, 6.45) is 2.91. The smallest absolute Gasteiger partial charge is 0.255 e. The molecule has 1 aromatic carbocycles. The number of aromatic nitrogens is 2. The number of nitrogens with zero attached hydrogens (tertiary/aromatic N) is 1. The minimum Gasteiger partial charge on any atom is -0.486 e. The molecule has 1 aromatic heterocycles. The molecule has 0 aliphatic carbocycles. The molecule has 2 heterocycles. The normalized spacial score (nSPS) is 12.9. The van der Waals surface area contributed by atoms with Crippen LogP contribution in [-0.4, -0.2) is 47.6 Å². The lowest BCUT2D eigenvalue weighted by atomic mass is 10.1. The van der Waals surface area contributed by atoms with E-state index in [-0.39, 0.29) is 12.5 Å². The Hall–Kier alpha value is -2.54. The third-order valence-corrected chi connectivity index (χ3v) is 3.59. The lowest BCUT2D eigenvalue weighted by molar-refractivity contribution is 0.0953. The molecule has 0 saturated heterocycles. The maximum atomic E-state index is 12.3. The summed E-state index contributed by atoms with van der Waals surface area (Å²) in [4.78, 5) is 12.3. The van der Waals surface area contributed by atoms with Gasteiger partial charge in [0.15, 0.2) is 11.5 Å². The molecule has 1 aliphatic heterocycles. The molecule has 0 spiro atoms. The molecule has 7 nitrogen and oxygen atoms in total. The van der Waals surface area contributed by atoms with Gasteiger partial charge in [-0.1, -0.05) is 0 Å². The molecule has 7 heteroatoms. The average Bonchev–Trinajstić information content (AvgIpc) is 3.08. The van der Waals surface area contributed by atoms with Gasteiger partial charge in [-0.15, -0.1) is 0 Å². The molecule has 3 rings (SSSR count). The van der Waals surface area contributed by atoms with E-state index in [0.717, 1.165) is 12.0 Å². The first-order chi connectivity index (χ1) is 11.3. The number of rotatable bonds is 6. The monoisotopic (exact) mass is 317 g/mol. The predicted molar refractivity (Wildman–Crippen MR) is 83.7 cm³/mol. The summed E-state index contributed by atoms with van der Waals surface area (Å²) in [5.41, 5.74) is 1.93. The zero-order valence-electron chi connectivity index (χ0n) is 12.7. The SMILES string of the molecule is O=C(NCCCCO)c1cn[nH]c1-c1ccc2c(c1)OCCO2. The van der Waals surface area contributed by atoms with E-state index in [1.54, 1.807) is 0 Å². The number of aliphatic hydroxyl groups excluding tert-OH is 1. The van der Waals surface area contributed by atoms with Gasteiger partial charge in [-0.3, -0.25) is 9.89 Å². The summed E-state index contributed by atoms with van der Waals surface area (Å²) in [7, 11) is 0. The third kappa shape index (κ3) is 3.45. The fraction of sp³-hybridized carbons (Fsp3) is 0.375. The van der Waals surface area contributed by atoms with Gasteiger partial charge in [0.2, 0.25) is 0 Å². The number of nitrogens with one attached hydrogen (secondary N) is 2. The first-order valence-corrected chi connectivity index (χ1v) is 7.62. The molecular weight excluding hydrogens is 298 g/mol. The molecule has 0 atom stereocenters. The van der Waals surface area contributed by atoms with Gasteiger partial charge in [0, 0.05) is 18.7 Å². The highest BCUT2D eigenvalue weighted by Crippen LogP contribution is 2.34. The van der Waals surface area contributed by atoms with E-state index in [1.165, 1.54) is 6.20 Å². The van der Waals surface area contributed by atoms with Crippen LogP contribution in [0.3, 0.4) is 0 Å². The standard InChI is InChI=1S/C16H19N3O4/c20-6-2-1-5-17-16(21)12-10-18-19-15(12)11-3-4-13-14(9-11)23-8-7-22-13/h3-4,9-10,20H,1-2,5-8H2,(H,17,21)(H,18,19). The number of H-pyrrole nitrogens is 1. The topological polar surface area (TPSA) is 96.5 Å². The molecule has 0 fully saturated rings. The van der Waals surface area contributed by atoms with Gasteiger partial charge in [0.25, 0.3) is 5.91 Å². The first kappa shape index (κ1) is 15.4. The number of benzene rings is 1. The van der Waals surface area contributed by atoms with Crippen LogP contribution in [0.1, 0.15) is 23.2 Å². The van der Waals surface area contributed by atoms with Crippen molar-refractivity contribution in [3.05, 3.63) is 30.0 Å². The van der Waals surface area contributed by atoms with Gasteiger partial charge in [-0.25, -0.2) is 0 Å². The van der Waals surface area contributed by atoms with E-state index in [2.05, 4.69) is 15.5 Å². The van der Waals surface area contributed by atoms with E-state index in [9.17, 15) is 4.79 Å². The van der Waals surface area contributed by atoms with Gasteiger partial charge in [-0.2, -0.15) is 5.10 Å². The van der Waals surface area contributed by atoms with Gasteiger partial charge in [0.1, 0.15) is 13.2 Å². The fourth-order valence-corrected chi connectivity index (χ4v) is 2.41. The average molecular weight is 317 g/mol. The second-order valence-corrected chi connectivity index (χ2v) is 5.20. The fourth-order valence-electron chi connectivity index (χ4n) is 2.41. The van der Waals surface area contributed by atoms with Crippen molar-refractivity contribution in [1.82, 2.24) is 15.5 Å². The highest BCUT2D eigenvalue weighted by atomic mass is 16.6. The number of aliphatic hydroxyl groups is 1. The summed E-state index contributed by atoms with van der Waals surface area (Å²) in [6, 6.07) is 5.53. The van der Waals surface area contributed by atoms with Crippen LogP contribution in [0.4, 0.5) is 0 Å². The first-order valence-electron chi connectivity index (χ1n) is 7.62. The number of unbranched alkanes of at least 4 members (excludes halogenated alkanes) is 1. The number of carbonyl (C=O) groups excluding carboxylic acids is 1. The Morgan fingerprint density at radius 3 is 2.91 bits per heavy atom. The largest absolute Gasteiger partial charge is 0.486 e. The zero-order chi connectivity index (χ0) is 16.1. The van der Waals surface area contributed by atoms with Crippen LogP contribution < -0.4 is 14.8 Å². The molecule has 1 amide bonds. The number of fused-ring (bicyclic) bond motifs is 1. The molecule has 23 heavy (non-hydrogen) atoms. The summed E-state index contributed by atoms with van der Waals surface area (Å²) in [5, 5.41) is 18.4. The van der Waals surface area contributed by atoms with E-state index >= 15 is 0 Å². The zero-order valence-corrected chi connectivity index (χ0v) is 12.7. The van der Waals surface area contributed by atoms with Gasteiger partial charge in [0.05, 0.1) is 17.5 Å². The molecule has 0 saturated carbocycles. The van der Waals surface area contributed by atoms with Crippen molar-refractivity contribution < 1.29 is 19.4 Å². The van der Waals surface area contributed by atoms with Crippen LogP contribution in [0.25, 0.3) is 11.3 Å². The van der Waals surface area contributed by atoms with E-state index in [1.807, 2.05) is 18.2 Å². The van der Waals surface area contributed by atoms with Crippen LogP contribution in [0.5, 0.6) is 11.5 Å². The van der Waals surface area contributed by atoms with E-state index in [0.29, 0.717) is 48.9 Å². The Kier molecular flexibility index (Phi) is 4.77. The van der Waals surface area contributed by atoms with Gasteiger partial charge < -0.3 is 19.9 Å². The van der Waals surface area contributed by atoms with Crippen LogP contribution in [0.2, 0.25) is 0 Å². The van der Waals surface area contributed by atoms with Crippen molar-refractivity contribution in [1.29, 1.82) is 0 Å². The molecular formula is C16H19N3O4. The Morgan fingerprint density at radius 2 is 2.09 bits per heavy atom. The molecule has 0 unspecified atom stereocenters. The van der Waals surface area contributed by atoms with E-state index in [4.69, 9.17) is 14.6 Å². The second kappa shape index (κ2) is 7.15. The minimum atomic E-state index is -0.193. The van der Waals surface area contributed by atoms with Crippen molar-refractivity contribution in [3.8, 4) is 22.8 Å². The van der Waals surface area contributed by atoms with E-state index < -0.39 is 0 Å². The quantitative estimate of drug-likeness (QED) is 0.699. The van der Waals surface area contributed by atoms with Crippen LogP contribution >= 0.6 is 0 Å². The lowest BCUT2D eigenvalue weighted by Gasteiger charge is -2.18. The van der Waals surface area contributed by atoms with Crippen molar-refractivity contribution in [3.63, 3.8) is 0 Å². The van der Waals surface area contributed by atoms with Gasteiger partial charge >= 0.3 is 0 Å². The summed E-state index contributed by atoms with van der Waals surface area (Å²) < 4.78 is 11.1. The number of aromatic amines is 1. The van der Waals surface area contributed by atoms with Gasteiger partial charge in [-0.05, 0) is 31.0 Å². The van der Waals surface area contributed by atoms with Crippen molar-refractivity contribution >= 4 is 5.91 Å². The van der Waals surface area contributed by atoms with Crippen LogP contribution in [0.15, 0.2) is 24.4 Å². The Morgan fingerprint density at radius 1 is 1.26 bits per heavy atom. The maximum absolute atomic E-state index is 12.3. The van der Waals surface area contributed by atoms with Crippen molar-refractivity contribution in [2.24, 2.45) is 0 Å². The molecule has 3 N–H and O–H groups in total. The summed E-state index contributed by atoms with van der Waals surface area (Å²) in [6.45, 7) is 1.70. The summed E-state index contributed by atoms with van der Waals surface area (Å²) >= 11 is 0. The highest BCUT2D eigenvalue weighted by Gasteiger charge is 2.18. The number of ether oxygens (including phenoxy) is 2. The molecule has 1 aliphatic rings. The second-order valence-electron chi connectivity index (χ2n) is 5.20. The predicted octanol–water partition coefficient (Wildman–Crippen LogP) is 1.35. The number of amides is 1. The van der Waals surface area contributed by atoms with Crippen molar-refractivity contribution in [2.75, 3.05) is 26.4 Å². The lowest BCUT2D eigenvalue weighted by Crippen LogP contribution is -2.24. The van der Waals surface area contributed by atoms with Crippen LogP contribution in [-0.2, 0) is 0 Å². The molecule has 0 radical (unpaired) electrons. The van der Waals surface area contributed by atoms with Crippen molar-refractivity contribution in [2.45, 2.75) is 12.8 Å². The minimum absolute atomic E-state index is 0.129. The summed E-state index contributed by atoms with van der Waals surface area (Å²) in [5.74, 6) is 1.17. The molecule has 122 valence electrons. The molecule has 0 bridgehead atoms. The Bertz CT molecular complexity index is 684. The Balaban J connectivity index is 1.76. The molecule has 2 aromatic rings. The number of hydrogen-bond acceptors (Lipinski definition) is 5. The Labute approximate surface area is 133 Å². The number of hydrogen-bond donors (Lipinski definition) is 3. The third-order valence-electron chi connectivity index (χ3n) is 3.59. The number of carbonyl (C=O) groups is 1.